The molecule has 6 aromatic rings. The van der Waals surface area contributed by atoms with Gasteiger partial charge in [-0.3, -0.25) is 24.0 Å². The molecular formula is C53H41F6N3O7. The van der Waals surface area contributed by atoms with E-state index in [1.165, 1.54) is 58.0 Å². The van der Waals surface area contributed by atoms with Crippen LogP contribution in [0.25, 0.3) is 11.1 Å². The van der Waals surface area contributed by atoms with Crippen LogP contribution in [0.4, 0.5) is 43.4 Å². The first-order valence-corrected chi connectivity index (χ1v) is 21.3. The number of hydrogen-bond acceptors (Lipinski definition) is 8. The predicted octanol–water partition coefficient (Wildman–Crippen LogP) is 11.4. The lowest BCUT2D eigenvalue weighted by molar-refractivity contribution is -0.288. The number of amides is 4. The number of nitrogens with zero attached hydrogens (tertiary/aromatic N) is 2. The minimum absolute atomic E-state index is 0.0237. The molecule has 0 fully saturated rings. The number of rotatable bonds is 8. The van der Waals surface area contributed by atoms with Gasteiger partial charge in [0.1, 0.15) is 12.0 Å². The van der Waals surface area contributed by atoms with Gasteiger partial charge in [-0.2, -0.15) is 26.3 Å². The average Bonchev–Trinajstić information content (AvgIpc) is 3.65. The molecule has 352 valence electrons. The number of carbonyl (C=O) groups excluding carboxylic acids is 6. The van der Waals surface area contributed by atoms with Gasteiger partial charge in [-0.15, -0.1) is 0 Å². The van der Waals surface area contributed by atoms with Gasteiger partial charge in [-0.1, -0.05) is 30.3 Å². The van der Waals surface area contributed by atoms with E-state index in [2.05, 4.69) is 0 Å². The maximum atomic E-state index is 15.1. The van der Waals surface area contributed by atoms with Crippen molar-refractivity contribution in [2.45, 2.75) is 73.2 Å². The number of halogens is 6. The first kappa shape index (κ1) is 47.6. The quantitative estimate of drug-likeness (QED) is 0.0397. The fourth-order valence-electron chi connectivity index (χ4n) is 9.71. The van der Waals surface area contributed by atoms with Crippen molar-refractivity contribution in [3.63, 3.8) is 0 Å². The SMILES string of the molecule is Cc1cc(C(c2cc(C)c(OC(=O)c3ccc4c(c3)C(=O)N(c3c(C)cc(-c5cc(C)c(N6C(=O)c7ccc(C=O)cc7C6=O)c(C)c5)cc3C)C4=O)c(C)c2)(C(F)(F)F)C(F)(F)F)cc(C)c1N. The third-order valence-electron chi connectivity index (χ3n) is 12.9. The highest BCUT2D eigenvalue weighted by molar-refractivity contribution is 6.36. The van der Waals surface area contributed by atoms with Crippen LogP contribution < -0.4 is 20.3 Å². The summed E-state index contributed by atoms with van der Waals surface area (Å²) in [5.41, 5.74) is 3.37. The summed E-state index contributed by atoms with van der Waals surface area (Å²) in [5, 5.41) is 0. The molecule has 0 unspecified atom stereocenters. The van der Waals surface area contributed by atoms with E-state index in [0.29, 0.717) is 57.5 Å². The molecule has 2 aliphatic heterocycles. The Morgan fingerprint density at radius 1 is 0.507 bits per heavy atom. The molecule has 0 atom stereocenters. The highest BCUT2D eigenvalue weighted by atomic mass is 19.4. The van der Waals surface area contributed by atoms with Crippen molar-refractivity contribution in [2.24, 2.45) is 0 Å². The molecule has 2 heterocycles. The second kappa shape index (κ2) is 16.4. The van der Waals surface area contributed by atoms with Crippen molar-refractivity contribution >= 4 is 52.9 Å². The first-order valence-electron chi connectivity index (χ1n) is 21.3. The van der Waals surface area contributed by atoms with Crippen LogP contribution in [0.2, 0.25) is 0 Å². The summed E-state index contributed by atoms with van der Waals surface area (Å²) >= 11 is 0. The Morgan fingerprint density at radius 3 is 1.29 bits per heavy atom. The fraction of sp³-hybridized carbons (Fsp3) is 0.208. The Morgan fingerprint density at radius 2 is 0.884 bits per heavy atom. The minimum atomic E-state index is -5.88. The fourth-order valence-corrected chi connectivity index (χ4v) is 9.71. The van der Waals surface area contributed by atoms with Crippen LogP contribution in [0.1, 0.15) is 118 Å². The third-order valence-corrected chi connectivity index (χ3v) is 12.9. The molecular weight excluding hydrogens is 905 g/mol. The normalized spacial score (nSPS) is 13.9. The standard InChI is InChI=1S/C53H41F6N3O7/c1-24-17-36(18-25(2)42(24)60)51(52(54,55)56,53(57,58)59)37-19-30(7)45(31(8)20-37)69-50(68)33-10-12-39-41(22-33)49(67)62(47(39)65)44-28(5)15-35(16-29(44)6)34-13-26(3)43(27(4)14-34)61-46(64)38-11-9-32(23-63)21-40(38)48(61)66/h9-23H,60H2,1-8H3. The second-order valence-electron chi connectivity index (χ2n) is 17.6. The molecule has 2 N–H and O–H groups in total. The van der Waals surface area contributed by atoms with Gasteiger partial charge in [-0.25, -0.2) is 14.6 Å². The molecule has 69 heavy (non-hydrogen) atoms. The van der Waals surface area contributed by atoms with Gasteiger partial charge in [0.25, 0.3) is 23.6 Å². The molecule has 0 saturated heterocycles. The monoisotopic (exact) mass is 945 g/mol. The van der Waals surface area contributed by atoms with E-state index in [9.17, 15) is 28.8 Å². The van der Waals surface area contributed by atoms with E-state index in [1.807, 2.05) is 0 Å². The van der Waals surface area contributed by atoms with Gasteiger partial charge in [0.05, 0.1) is 39.2 Å². The first-order chi connectivity index (χ1) is 32.2. The van der Waals surface area contributed by atoms with E-state index in [-0.39, 0.29) is 72.8 Å². The van der Waals surface area contributed by atoms with Gasteiger partial charge in [0.2, 0.25) is 5.41 Å². The van der Waals surface area contributed by atoms with E-state index >= 15 is 26.3 Å². The number of fused-ring (bicyclic) bond motifs is 2. The van der Waals surface area contributed by atoms with Crippen molar-refractivity contribution in [1.29, 1.82) is 0 Å². The Kier molecular flexibility index (Phi) is 11.3. The summed E-state index contributed by atoms with van der Waals surface area (Å²) in [6.45, 7) is 12.0. The zero-order valence-electron chi connectivity index (χ0n) is 38.3. The smallest absolute Gasteiger partial charge is 0.411 e. The van der Waals surface area contributed by atoms with Crippen molar-refractivity contribution in [3.8, 4) is 16.9 Å². The lowest BCUT2D eigenvalue weighted by atomic mass is 9.71. The molecule has 0 bridgehead atoms. The molecule has 10 nitrogen and oxygen atoms in total. The van der Waals surface area contributed by atoms with Crippen molar-refractivity contribution in [3.05, 3.63) is 174 Å². The summed E-state index contributed by atoms with van der Waals surface area (Å²) in [4.78, 5) is 82.0. The molecule has 4 amide bonds. The number of hydrogen-bond donors (Lipinski definition) is 1. The maximum Gasteiger partial charge on any atom is 0.411 e. The molecule has 0 radical (unpaired) electrons. The summed E-state index contributed by atoms with van der Waals surface area (Å²) in [6, 6.07) is 18.0. The number of esters is 1. The average molecular weight is 946 g/mol. The van der Waals surface area contributed by atoms with E-state index < -0.39 is 58.5 Å². The van der Waals surface area contributed by atoms with Crippen molar-refractivity contribution < 1.29 is 59.8 Å². The molecule has 8 rings (SSSR count). The van der Waals surface area contributed by atoms with Gasteiger partial charge >= 0.3 is 18.3 Å². The second-order valence-corrected chi connectivity index (χ2v) is 17.6. The highest BCUT2D eigenvalue weighted by Gasteiger charge is 2.72. The van der Waals surface area contributed by atoms with Crippen LogP contribution >= 0.6 is 0 Å². The van der Waals surface area contributed by atoms with Gasteiger partial charge in [-0.05, 0) is 177 Å². The van der Waals surface area contributed by atoms with E-state index in [0.717, 1.165) is 28.0 Å². The van der Waals surface area contributed by atoms with Crippen molar-refractivity contribution in [2.75, 3.05) is 15.5 Å². The largest absolute Gasteiger partial charge is 0.422 e. The number of ether oxygens (including phenoxy) is 1. The Balaban J connectivity index is 1.06. The predicted molar refractivity (Wildman–Crippen MR) is 245 cm³/mol. The van der Waals surface area contributed by atoms with Gasteiger partial charge in [0, 0.05) is 11.3 Å². The molecule has 0 aliphatic carbocycles. The summed E-state index contributed by atoms with van der Waals surface area (Å²) in [6.07, 6.45) is -11.2. The topological polar surface area (TPSA) is 144 Å². The molecule has 0 aromatic heterocycles. The lowest BCUT2D eigenvalue weighted by Gasteiger charge is -2.39. The van der Waals surface area contributed by atoms with E-state index in [4.69, 9.17) is 10.5 Å². The Bertz CT molecular complexity index is 3210. The minimum Gasteiger partial charge on any atom is -0.422 e. The molecule has 0 saturated carbocycles. The number of anilines is 3. The number of nitrogens with two attached hydrogens (primary N) is 1. The molecule has 16 heteroatoms. The third kappa shape index (κ3) is 7.36. The summed E-state index contributed by atoms with van der Waals surface area (Å²) < 4.78 is 96.0. The number of benzene rings is 6. The highest BCUT2D eigenvalue weighted by Crippen LogP contribution is 2.57. The van der Waals surface area contributed by atoms with Crippen LogP contribution in [-0.2, 0) is 5.41 Å². The molecule has 6 aromatic carbocycles. The number of alkyl halides is 6. The number of carbonyl (C=O) groups is 6. The van der Waals surface area contributed by atoms with Gasteiger partial charge < -0.3 is 10.5 Å². The summed E-state index contributed by atoms with van der Waals surface area (Å²) in [7, 11) is 0. The number of aldehydes is 1. The van der Waals surface area contributed by atoms with Crippen molar-refractivity contribution in [1.82, 2.24) is 0 Å². The summed E-state index contributed by atoms with van der Waals surface area (Å²) in [5.74, 6) is -3.92. The Hall–Kier alpha value is -7.88. The van der Waals surface area contributed by atoms with Crippen LogP contribution in [0, 0.1) is 55.4 Å². The lowest BCUT2D eigenvalue weighted by Crippen LogP contribution is -2.55. The van der Waals surface area contributed by atoms with Crippen LogP contribution in [0.3, 0.4) is 0 Å². The maximum absolute atomic E-state index is 15.1. The number of imide groups is 2. The van der Waals surface area contributed by atoms with Crippen LogP contribution in [0.15, 0.2) is 84.9 Å². The van der Waals surface area contributed by atoms with E-state index in [1.54, 1.807) is 52.0 Å². The van der Waals surface area contributed by atoms with Gasteiger partial charge in [0.15, 0.2) is 0 Å². The van der Waals surface area contributed by atoms with Crippen LogP contribution in [0.5, 0.6) is 5.75 Å². The number of aryl methyl sites for hydroxylation is 8. The zero-order chi connectivity index (χ0) is 50.6. The number of nitrogen functional groups attached to an aromatic ring is 1. The zero-order valence-corrected chi connectivity index (χ0v) is 38.3. The molecule has 2 aliphatic rings. The van der Waals surface area contributed by atoms with Crippen LogP contribution in [-0.4, -0.2) is 48.2 Å². The Labute approximate surface area is 391 Å². The molecule has 0 spiro atoms.